The van der Waals surface area contributed by atoms with Gasteiger partial charge in [-0.05, 0) is 41.3 Å². The molecule has 5 heteroatoms. The summed E-state index contributed by atoms with van der Waals surface area (Å²) < 4.78 is 22.7. The third-order valence-electron chi connectivity index (χ3n) is 4.29. The minimum atomic E-state index is -2.19. The van der Waals surface area contributed by atoms with E-state index < -0.39 is 10.3 Å². The molecule has 1 unspecified atom stereocenters. The minimum absolute atomic E-state index is 0.0644. The van der Waals surface area contributed by atoms with Crippen LogP contribution in [0.5, 0.6) is 0 Å². The summed E-state index contributed by atoms with van der Waals surface area (Å²) in [6.45, 7) is 0.751. The molecular weight excluding hydrogens is 366 g/mol. The van der Waals surface area contributed by atoms with Gasteiger partial charge in [0.2, 0.25) is 10.3 Å². The maximum atomic E-state index is 11.3. The van der Waals surface area contributed by atoms with Gasteiger partial charge in [0.05, 0.1) is 10.9 Å². The average molecular weight is 386 g/mol. The number of halogens is 1. The maximum absolute atomic E-state index is 11.3. The van der Waals surface area contributed by atoms with Gasteiger partial charge in [0, 0.05) is 18.0 Å². The Morgan fingerprint density at radius 3 is 2.62 bits per heavy atom. The fraction of sp³-hybridized carbons (Fsp3) is 0.190. The second-order valence-corrected chi connectivity index (χ2v) is 7.56. The summed E-state index contributed by atoms with van der Waals surface area (Å²) in [7, 11) is -2.19. The Balaban J connectivity index is 1.81. The molecule has 2 aromatic rings. The first kappa shape index (κ1) is 18.6. The van der Waals surface area contributed by atoms with Crippen LogP contribution in [-0.2, 0) is 16.7 Å². The van der Waals surface area contributed by atoms with Crippen LogP contribution in [0.2, 0.25) is 5.02 Å². The molecule has 3 nitrogen and oxygen atoms in total. The van der Waals surface area contributed by atoms with E-state index in [1.165, 1.54) is 0 Å². The summed E-state index contributed by atoms with van der Waals surface area (Å²) in [6.07, 6.45) is 6.96. The monoisotopic (exact) mass is 385 g/mol. The van der Waals surface area contributed by atoms with Gasteiger partial charge in [0.15, 0.2) is 0 Å². The van der Waals surface area contributed by atoms with Crippen molar-refractivity contribution < 1.29 is 8.42 Å². The Labute approximate surface area is 160 Å². The van der Waals surface area contributed by atoms with Crippen molar-refractivity contribution in [2.75, 3.05) is 6.54 Å². The Hall–Kier alpha value is -2.14. The van der Waals surface area contributed by atoms with Crippen molar-refractivity contribution in [3.63, 3.8) is 0 Å². The predicted molar refractivity (Wildman–Crippen MR) is 108 cm³/mol. The van der Waals surface area contributed by atoms with E-state index >= 15 is 0 Å². The van der Waals surface area contributed by atoms with Crippen molar-refractivity contribution in [1.29, 1.82) is 0 Å². The van der Waals surface area contributed by atoms with E-state index in [9.17, 15) is 8.42 Å². The minimum Gasteiger partial charge on any atom is -0.306 e. The molecule has 1 aliphatic rings. The van der Waals surface area contributed by atoms with E-state index in [2.05, 4.69) is 11.4 Å². The number of benzene rings is 2. The Morgan fingerprint density at radius 1 is 1.08 bits per heavy atom. The van der Waals surface area contributed by atoms with Crippen molar-refractivity contribution in [1.82, 2.24) is 5.32 Å². The molecule has 0 amide bonds. The second kappa shape index (κ2) is 8.99. The molecule has 3 rings (SSSR count). The van der Waals surface area contributed by atoms with E-state index in [0.29, 0.717) is 11.3 Å². The lowest BCUT2D eigenvalue weighted by Crippen LogP contribution is -2.26. The van der Waals surface area contributed by atoms with Gasteiger partial charge in [0.1, 0.15) is 0 Å². The van der Waals surface area contributed by atoms with Crippen LogP contribution in [-0.4, -0.2) is 19.8 Å². The normalized spacial score (nSPS) is 14.8. The molecule has 0 radical (unpaired) electrons. The summed E-state index contributed by atoms with van der Waals surface area (Å²) in [5.41, 5.74) is 3.22. The second-order valence-electron chi connectivity index (χ2n) is 6.13. The molecule has 0 heterocycles. The highest BCUT2D eigenvalue weighted by Gasteiger charge is 2.17. The zero-order valence-electron chi connectivity index (χ0n) is 14.2. The molecule has 0 aliphatic heterocycles. The topological polar surface area (TPSA) is 46.2 Å². The van der Waals surface area contributed by atoms with Gasteiger partial charge in [-0.25, -0.2) is 0 Å². The Bertz CT molecular complexity index is 955. The van der Waals surface area contributed by atoms with Crippen LogP contribution in [0.1, 0.15) is 23.6 Å². The molecule has 0 saturated carbocycles. The average Bonchev–Trinajstić information content (AvgIpc) is 2.66. The van der Waals surface area contributed by atoms with Gasteiger partial charge in [-0.3, -0.25) is 0 Å². The van der Waals surface area contributed by atoms with Crippen LogP contribution < -0.4 is 5.32 Å². The van der Waals surface area contributed by atoms with Gasteiger partial charge < -0.3 is 5.32 Å². The van der Waals surface area contributed by atoms with Crippen LogP contribution in [0.25, 0.3) is 0 Å². The fourth-order valence-electron chi connectivity index (χ4n) is 3.03. The third-order valence-corrected chi connectivity index (χ3v) is 5.24. The molecule has 0 aromatic heterocycles. The molecule has 134 valence electrons. The van der Waals surface area contributed by atoms with Crippen molar-refractivity contribution in [3.8, 4) is 0 Å². The van der Waals surface area contributed by atoms with E-state index in [1.54, 1.807) is 6.08 Å². The van der Waals surface area contributed by atoms with Crippen LogP contribution >= 0.6 is 11.6 Å². The van der Waals surface area contributed by atoms with Crippen LogP contribution in [0.15, 0.2) is 78.4 Å². The summed E-state index contributed by atoms with van der Waals surface area (Å²) in [4.78, 5) is 0.417. The van der Waals surface area contributed by atoms with Gasteiger partial charge in [-0.1, -0.05) is 66.2 Å². The predicted octanol–water partition coefficient (Wildman–Crippen LogP) is 4.15. The summed E-state index contributed by atoms with van der Waals surface area (Å²) >= 11 is 6.05. The van der Waals surface area contributed by atoms with E-state index in [1.807, 2.05) is 60.7 Å². The Morgan fingerprint density at radius 2 is 1.88 bits per heavy atom. The van der Waals surface area contributed by atoms with Gasteiger partial charge in [-0.15, -0.1) is 0 Å². The van der Waals surface area contributed by atoms with E-state index in [0.717, 1.165) is 34.7 Å². The number of hydrogen-bond acceptors (Lipinski definition) is 3. The van der Waals surface area contributed by atoms with Crippen molar-refractivity contribution >= 4 is 26.8 Å². The highest BCUT2D eigenvalue weighted by atomic mass is 35.5. The smallest absolute Gasteiger partial charge is 0.217 e. The first-order chi connectivity index (χ1) is 12.6. The largest absolute Gasteiger partial charge is 0.306 e. The molecular formula is C21H20ClNO2S. The highest BCUT2D eigenvalue weighted by Crippen LogP contribution is 2.25. The zero-order chi connectivity index (χ0) is 18.4. The number of allylic oxidation sites excluding steroid dienone is 2. The first-order valence-electron chi connectivity index (χ1n) is 8.49. The molecule has 26 heavy (non-hydrogen) atoms. The number of rotatable bonds is 6. The van der Waals surface area contributed by atoms with Crippen LogP contribution in [0, 0.1) is 0 Å². The quantitative estimate of drug-likeness (QED) is 0.760. The van der Waals surface area contributed by atoms with Gasteiger partial charge in [0.25, 0.3) is 0 Å². The Kier molecular flexibility index (Phi) is 6.45. The zero-order valence-corrected chi connectivity index (χ0v) is 15.8. The molecule has 1 atom stereocenters. The number of hydrogen-bond donors (Lipinski definition) is 1. The summed E-state index contributed by atoms with van der Waals surface area (Å²) in [5.74, 6) is 0. The lowest BCUT2D eigenvalue weighted by atomic mass is 9.94. The lowest BCUT2D eigenvalue weighted by Gasteiger charge is -2.22. The molecule has 1 N–H and O–H groups in total. The lowest BCUT2D eigenvalue weighted by molar-refractivity contribution is 0.604. The molecule has 0 bridgehead atoms. The van der Waals surface area contributed by atoms with Crippen molar-refractivity contribution in [3.05, 3.63) is 94.5 Å². The van der Waals surface area contributed by atoms with E-state index in [4.69, 9.17) is 11.6 Å². The molecule has 1 aliphatic carbocycles. The fourth-order valence-corrected chi connectivity index (χ4v) is 3.70. The van der Waals surface area contributed by atoms with Crippen LogP contribution in [0.3, 0.4) is 0 Å². The third kappa shape index (κ3) is 4.94. The maximum Gasteiger partial charge on any atom is 0.217 e. The summed E-state index contributed by atoms with van der Waals surface area (Å²) in [5, 5.41) is 4.29. The van der Waals surface area contributed by atoms with Gasteiger partial charge >= 0.3 is 0 Å². The molecule has 2 aromatic carbocycles. The standard InChI is InChI=1S/C21H20ClNO2S/c22-19-10-4-6-16(14-19)12-13-23-21(17-7-2-1-3-8-17)18-9-5-11-20(15-18)26(24)25/h1-10,14-15,21,23H,11-13H2. The van der Waals surface area contributed by atoms with E-state index in [-0.39, 0.29) is 6.04 Å². The van der Waals surface area contributed by atoms with Crippen molar-refractivity contribution in [2.45, 2.75) is 18.9 Å². The van der Waals surface area contributed by atoms with Crippen molar-refractivity contribution in [2.24, 2.45) is 0 Å². The molecule has 0 spiro atoms. The molecule has 0 saturated heterocycles. The first-order valence-corrected chi connectivity index (χ1v) is 9.95. The molecule has 0 fully saturated rings. The van der Waals surface area contributed by atoms with Crippen LogP contribution in [0.4, 0.5) is 0 Å². The number of nitrogens with one attached hydrogen (secondary N) is 1. The highest BCUT2D eigenvalue weighted by molar-refractivity contribution is 7.73. The van der Waals surface area contributed by atoms with Gasteiger partial charge in [-0.2, -0.15) is 8.42 Å². The SMILES string of the molecule is O=S(=O)=C1C=C(C(NCCc2cccc(Cl)c2)c2ccccc2)C=CC1. The summed E-state index contributed by atoms with van der Waals surface area (Å²) in [6, 6.07) is 17.8.